The van der Waals surface area contributed by atoms with Gasteiger partial charge in [0.25, 0.3) is 5.56 Å². The fourth-order valence-electron chi connectivity index (χ4n) is 1.03. The van der Waals surface area contributed by atoms with Crippen molar-refractivity contribution in [3.05, 3.63) is 26.4 Å². The SMILES string of the molecule is O=c1[nH]c(O)c(/C=N\NC(F)(F)C(F)(F)C(F)(F)F)c(=O)[nH]1. The Morgan fingerprint density at radius 3 is 2.05 bits per heavy atom. The maximum Gasteiger partial charge on any atom is 0.462 e. The third kappa shape index (κ3) is 3.20. The van der Waals surface area contributed by atoms with E-state index in [0.717, 1.165) is 0 Å². The van der Waals surface area contributed by atoms with Crippen LogP contribution in [0.15, 0.2) is 14.7 Å². The van der Waals surface area contributed by atoms with Gasteiger partial charge in [-0.25, -0.2) is 10.2 Å². The number of aromatic amines is 2. The highest BCUT2D eigenvalue weighted by molar-refractivity contribution is 5.81. The number of aromatic hydroxyl groups is 1. The van der Waals surface area contributed by atoms with Crippen LogP contribution in [0, 0.1) is 0 Å². The minimum atomic E-state index is -6.56. The molecule has 0 saturated heterocycles. The molecule has 0 fully saturated rings. The molecule has 0 aliphatic rings. The number of hydrazone groups is 1. The van der Waals surface area contributed by atoms with Gasteiger partial charge in [-0.05, 0) is 0 Å². The molecular weight excluding hydrogens is 333 g/mol. The van der Waals surface area contributed by atoms with Crippen molar-refractivity contribution in [2.24, 2.45) is 5.10 Å². The van der Waals surface area contributed by atoms with E-state index in [1.54, 1.807) is 4.98 Å². The molecule has 0 spiro atoms. The maximum atomic E-state index is 12.8. The van der Waals surface area contributed by atoms with Crippen molar-refractivity contribution in [1.29, 1.82) is 0 Å². The molecule has 7 nitrogen and oxygen atoms in total. The summed E-state index contributed by atoms with van der Waals surface area (Å²) in [6, 6.07) is -5.83. The van der Waals surface area contributed by atoms with Crippen LogP contribution in [0.4, 0.5) is 30.7 Å². The molecule has 1 heterocycles. The van der Waals surface area contributed by atoms with Gasteiger partial charge in [0.15, 0.2) is 0 Å². The van der Waals surface area contributed by atoms with Gasteiger partial charge >= 0.3 is 23.8 Å². The Morgan fingerprint density at radius 1 is 1.05 bits per heavy atom. The largest absolute Gasteiger partial charge is 0.494 e. The highest BCUT2D eigenvalue weighted by atomic mass is 19.4. The van der Waals surface area contributed by atoms with E-state index in [4.69, 9.17) is 5.11 Å². The Kier molecular flexibility index (Phi) is 4.25. The van der Waals surface area contributed by atoms with E-state index in [0.29, 0.717) is 0 Å². The Bertz CT molecular complexity index is 690. The molecule has 1 rings (SSSR count). The molecule has 124 valence electrons. The van der Waals surface area contributed by atoms with E-state index in [1.165, 1.54) is 4.98 Å². The van der Waals surface area contributed by atoms with Crippen molar-refractivity contribution >= 4 is 6.21 Å². The Balaban J connectivity index is 3.04. The van der Waals surface area contributed by atoms with Crippen LogP contribution in [-0.2, 0) is 0 Å². The minimum absolute atomic E-state index is 0.0183. The first-order valence-corrected chi connectivity index (χ1v) is 4.98. The van der Waals surface area contributed by atoms with E-state index in [-0.39, 0.29) is 11.6 Å². The maximum absolute atomic E-state index is 12.8. The number of rotatable bonds is 4. The Labute approximate surface area is 114 Å². The lowest BCUT2D eigenvalue weighted by atomic mass is 10.3. The summed E-state index contributed by atoms with van der Waals surface area (Å²) < 4.78 is 85.9. The first kappa shape index (κ1) is 17.5. The molecule has 14 heteroatoms. The fraction of sp³-hybridized carbons (Fsp3) is 0.375. The molecule has 22 heavy (non-hydrogen) atoms. The molecule has 0 unspecified atom stereocenters. The predicted molar refractivity (Wildman–Crippen MR) is 56.0 cm³/mol. The molecule has 0 radical (unpaired) electrons. The lowest BCUT2D eigenvalue weighted by Gasteiger charge is -2.27. The second-order valence-electron chi connectivity index (χ2n) is 3.69. The summed E-state index contributed by atoms with van der Waals surface area (Å²) in [6.45, 7) is 0. The van der Waals surface area contributed by atoms with Gasteiger partial charge in [0.2, 0.25) is 5.88 Å². The first-order chi connectivity index (χ1) is 9.79. The number of nitrogens with zero attached hydrogens (tertiary/aromatic N) is 1. The molecule has 1 aromatic rings. The van der Waals surface area contributed by atoms with Gasteiger partial charge < -0.3 is 5.11 Å². The summed E-state index contributed by atoms with van der Waals surface area (Å²) in [5.41, 5.74) is -3.25. The molecule has 0 amide bonds. The van der Waals surface area contributed by atoms with E-state index in [1.807, 2.05) is 0 Å². The quantitative estimate of drug-likeness (QED) is 0.277. The zero-order valence-corrected chi connectivity index (χ0v) is 9.93. The van der Waals surface area contributed by atoms with Crippen LogP contribution in [0.1, 0.15) is 5.56 Å². The molecule has 1 aromatic heterocycles. The summed E-state index contributed by atoms with van der Waals surface area (Å²) in [5, 5.41) is 11.4. The number of halogens is 7. The van der Waals surface area contributed by atoms with Crippen LogP contribution in [0.5, 0.6) is 5.88 Å². The van der Waals surface area contributed by atoms with E-state index < -0.39 is 40.8 Å². The fourth-order valence-corrected chi connectivity index (χ4v) is 1.03. The zero-order valence-electron chi connectivity index (χ0n) is 9.93. The molecule has 4 N–H and O–H groups in total. The van der Waals surface area contributed by atoms with Crippen molar-refractivity contribution in [3.63, 3.8) is 0 Å². The van der Waals surface area contributed by atoms with Gasteiger partial charge in [0, 0.05) is 0 Å². The van der Waals surface area contributed by atoms with Gasteiger partial charge in [0.1, 0.15) is 5.56 Å². The second kappa shape index (κ2) is 5.34. The number of nitrogens with one attached hydrogen (secondary N) is 3. The van der Waals surface area contributed by atoms with Crippen LogP contribution < -0.4 is 16.7 Å². The summed E-state index contributed by atoms with van der Waals surface area (Å²) in [4.78, 5) is 24.9. The molecule has 0 aliphatic heterocycles. The third-order valence-corrected chi connectivity index (χ3v) is 2.11. The lowest BCUT2D eigenvalue weighted by Crippen LogP contribution is -2.58. The van der Waals surface area contributed by atoms with Crippen molar-refractivity contribution in [1.82, 2.24) is 15.4 Å². The normalized spacial score (nSPS) is 13.6. The topological polar surface area (TPSA) is 110 Å². The molecule has 0 aliphatic carbocycles. The molecule has 0 aromatic carbocycles. The average Bonchev–Trinajstić information content (AvgIpc) is 2.30. The monoisotopic (exact) mass is 338 g/mol. The molecule has 0 saturated carbocycles. The smallest absolute Gasteiger partial charge is 0.462 e. The van der Waals surface area contributed by atoms with E-state index >= 15 is 0 Å². The van der Waals surface area contributed by atoms with Crippen LogP contribution in [-0.4, -0.2) is 39.4 Å². The second-order valence-corrected chi connectivity index (χ2v) is 3.69. The number of aromatic nitrogens is 2. The van der Waals surface area contributed by atoms with Crippen LogP contribution in [0.3, 0.4) is 0 Å². The van der Waals surface area contributed by atoms with Crippen molar-refractivity contribution in [3.8, 4) is 5.88 Å². The molecule has 0 bridgehead atoms. The molecular formula is C8H5F7N4O3. The van der Waals surface area contributed by atoms with Crippen LogP contribution in [0.25, 0.3) is 0 Å². The van der Waals surface area contributed by atoms with Gasteiger partial charge in [-0.2, -0.15) is 35.8 Å². The summed E-state index contributed by atoms with van der Waals surface area (Å²) >= 11 is 0. The van der Waals surface area contributed by atoms with Crippen molar-refractivity contribution in [2.45, 2.75) is 18.1 Å². The Morgan fingerprint density at radius 2 is 1.59 bits per heavy atom. The molecule has 0 atom stereocenters. The first-order valence-electron chi connectivity index (χ1n) is 4.98. The number of H-pyrrole nitrogens is 2. The standard InChI is InChI=1S/C8H5F7N4O3/c9-6(10,7(11,12)13)8(14,15)19-16-1-2-3(20)17-5(22)18-4(2)21/h1,19H,(H3,17,18,20,21,22)/b16-1-. The van der Waals surface area contributed by atoms with Crippen LogP contribution in [0.2, 0.25) is 0 Å². The van der Waals surface area contributed by atoms with E-state index in [2.05, 4.69) is 5.10 Å². The highest BCUT2D eigenvalue weighted by Crippen LogP contribution is 2.44. The average molecular weight is 338 g/mol. The third-order valence-electron chi connectivity index (χ3n) is 2.11. The summed E-state index contributed by atoms with van der Waals surface area (Å²) in [6.07, 6.45) is -6.54. The summed E-state index contributed by atoms with van der Waals surface area (Å²) in [7, 11) is 0. The number of hydrogen-bond acceptors (Lipinski definition) is 5. The zero-order chi connectivity index (χ0) is 17.3. The van der Waals surface area contributed by atoms with Crippen molar-refractivity contribution < 1.29 is 35.8 Å². The van der Waals surface area contributed by atoms with Gasteiger partial charge in [-0.15, -0.1) is 0 Å². The van der Waals surface area contributed by atoms with E-state index in [9.17, 15) is 40.3 Å². The van der Waals surface area contributed by atoms with Gasteiger partial charge in [-0.1, -0.05) is 0 Å². The van der Waals surface area contributed by atoms with Crippen LogP contribution >= 0.6 is 0 Å². The highest BCUT2D eigenvalue weighted by Gasteiger charge is 2.73. The minimum Gasteiger partial charge on any atom is -0.494 e. The summed E-state index contributed by atoms with van der Waals surface area (Å²) in [5.74, 6) is -7.61. The Hall–Kier alpha value is -2.54. The van der Waals surface area contributed by atoms with Gasteiger partial charge in [-0.3, -0.25) is 14.8 Å². The number of alkyl halides is 7. The predicted octanol–water partition coefficient (Wildman–Crippen LogP) is 0.483. The van der Waals surface area contributed by atoms with Crippen molar-refractivity contribution in [2.75, 3.05) is 0 Å². The lowest BCUT2D eigenvalue weighted by molar-refractivity contribution is -0.361. The van der Waals surface area contributed by atoms with Gasteiger partial charge in [0.05, 0.1) is 6.21 Å². The number of hydrogen-bond donors (Lipinski definition) is 4.